The molecule has 0 amide bonds. The zero-order valence-electron chi connectivity index (χ0n) is 13.4. The van der Waals surface area contributed by atoms with E-state index in [-0.39, 0.29) is 0 Å². The Morgan fingerprint density at radius 1 is 1.20 bits per heavy atom. The van der Waals surface area contributed by atoms with Gasteiger partial charge >= 0.3 is 0 Å². The average molecular weight is 295 g/mol. The molecule has 0 aliphatic heterocycles. The summed E-state index contributed by atoms with van der Waals surface area (Å²) in [6.07, 6.45) is 1.10. The summed E-state index contributed by atoms with van der Waals surface area (Å²) in [6.45, 7) is 12.5. The predicted molar refractivity (Wildman–Crippen MR) is 90.7 cm³/mol. The van der Waals surface area contributed by atoms with Crippen molar-refractivity contribution in [2.24, 2.45) is 0 Å². The first-order chi connectivity index (χ1) is 9.61. The van der Waals surface area contributed by atoms with Gasteiger partial charge in [-0.05, 0) is 39.3 Å². The van der Waals surface area contributed by atoms with Gasteiger partial charge in [-0.15, -0.1) is 0 Å². The van der Waals surface area contributed by atoms with Crippen molar-refractivity contribution in [1.82, 2.24) is 5.32 Å². The first kappa shape index (κ1) is 17.5. The molecule has 1 N–H and O–H groups in total. The highest BCUT2D eigenvalue weighted by Gasteiger charge is 2.03. The molecule has 0 heterocycles. The molecule has 0 spiro atoms. The first-order valence-corrected chi connectivity index (χ1v) is 8.64. The van der Waals surface area contributed by atoms with Crippen LogP contribution >= 0.6 is 11.8 Å². The molecule has 0 bridgehead atoms. The summed E-state index contributed by atoms with van der Waals surface area (Å²) in [5.74, 6) is 1.10. The van der Waals surface area contributed by atoms with Crippen molar-refractivity contribution in [3.63, 3.8) is 0 Å². The summed E-state index contributed by atoms with van der Waals surface area (Å²) in [4.78, 5) is 0. The van der Waals surface area contributed by atoms with Crippen molar-refractivity contribution >= 4 is 11.8 Å². The van der Waals surface area contributed by atoms with E-state index in [1.54, 1.807) is 0 Å². The molecule has 0 aromatic heterocycles. The maximum Gasteiger partial charge on any atom is 0.0477 e. The molecule has 114 valence electrons. The lowest BCUT2D eigenvalue weighted by molar-refractivity contribution is 0.145. The number of hydrogen-bond donors (Lipinski definition) is 1. The van der Waals surface area contributed by atoms with E-state index in [9.17, 15) is 0 Å². The number of nitrogens with one attached hydrogen (secondary N) is 1. The lowest BCUT2D eigenvalue weighted by Gasteiger charge is -2.13. The Balaban J connectivity index is 2.14. The van der Waals surface area contributed by atoms with Crippen LogP contribution in [-0.2, 0) is 10.5 Å². The maximum atomic E-state index is 5.32. The van der Waals surface area contributed by atoms with Crippen LogP contribution in [0.4, 0.5) is 0 Å². The van der Waals surface area contributed by atoms with E-state index in [1.807, 2.05) is 18.7 Å². The van der Waals surface area contributed by atoms with Crippen molar-refractivity contribution in [2.75, 3.05) is 26.3 Å². The van der Waals surface area contributed by atoms with Gasteiger partial charge in [-0.2, -0.15) is 11.8 Å². The van der Waals surface area contributed by atoms with E-state index < -0.39 is 0 Å². The Kier molecular flexibility index (Phi) is 8.99. The number of thioether (sulfide) groups is 1. The van der Waals surface area contributed by atoms with E-state index >= 15 is 0 Å². The summed E-state index contributed by atoms with van der Waals surface area (Å²) < 4.78 is 5.32. The van der Waals surface area contributed by atoms with Gasteiger partial charge in [0.2, 0.25) is 0 Å². The summed E-state index contributed by atoms with van der Waals surface area (Å²) in [5, 5.41) is 4.14. The van der Waals surface area contributed by atoms with E-state index in [0.717, 1.165) is 38.5 Å². The van der Waals surface area contributed by atoms with Crippen LogP contribution in [0, 0.1) is 13.8 Å². The van der Waals surface area contributed by atoms with Crippen LogP contribution in [0.1, 0.15) is 37.0 Å². The molecule has 3 heteroatoms. The number of rotatable bonds is 10. The Bertz CT molecular complexity index is 361. The molecule has 0 saturated heterocycles. The minimum atomic E-state index is 0.642. The Morgan fingerprint density at radius 2 is 1.90 bits per heavy atom. The summed E-state index contributed by atoms with van der Waals surface area (Å²) >= 11 is 2.02. The molecule has 0 aliphatic carbocycles. The minimum Gasteiger partial charge on any atom is -0.382 e. The van der Waals surface area contributed by atoms with Gasteiger partial charge in [0.1, 0.15) is 0 Å². The fraction of sp³-hybridized carbons (Fsp3) is 0.647. The monoisotopic (exact) mass is 295 g/mol. The van der Waals surface area contributed by atoms with Crippen molar-refractivity contribution in [2.45, 2.75) is 45.1 Å². The van der Waals surface area contributed by atoms with Crippen molar-refractivity contribution < 1.29 is 4.74 Å². The molecule has 0 fully saturated rings. The number of aryl methyl sites for hydroxylation is 2. The summed E-state index contributed by atoms with van der Waals surface area (Å²) in [7, 11) is 0. The molecule has 1 aromatic rings. The van der Waals surface area contributed by atoms with Crippen LogP contribution in [0.25, 0.3) is 0 Å². The number of benzene rings is 1. The van der Waals surface area contributed by atoms with Crippen molar-refractivity contribution in [3.8, 4) is 0 Å². The standard InChI is InChI=1S/C17H29NOS/c1-5-19-8-6-7-18-12-16(4)20-13-17-10-14(2)9-15(3)11-17/h9-11,16,18H,5-8,12-13H2,1-4H3. The van der Waals surface area contributed by atoms with E-state index in [1.165, 1.54) is 16.7 Å². The van der Waals surface area contributed by atoms with Crippen LogP contribution in [0.2, 0.25) is 0 Å². The number of hydrogen-bond acceptors (Lipinski definition) is 3. The van der Waals surface area contributed by atoms with Crippen molar-refractivity contribution in [1.29, 1.82) is 0 Å². The van der Waals surface area contributed by atoms with E-state index in [4.69, 9.17) is 4.74 Å². The fourth-order valence-electron chi connectivity index (χ4n) is 2.20. The van der Waals surface area contributed by atoms with Gasteiger partial charge in [0.05, 0.1) is 0 Å². The third-order valence-corrected chi connectivity index (χ3v) is 4.33. The van der Waals surface area contributed by atoms with Crippen molar-refractivity contribution in [3.05, 3.63) is 34.9 Å². The quantitative estimate of drug-likeness (QED) is 0.661. The van der Waals surface area contributed by atoms with Gasteiger partial charge in [-0.1, -0.05) is 36.2 Å². The highest BCUT2D eigenvalue weighted by atomic mass is 32.2. The molecular formula is C17H29NOS. The van der Waals surface area contributed by atoms with Gasteiger partial charge in [0.25, 0.3) is 0 Å². The van der Waals surface area contributed by atoms with E-state index in [0.29, 0.717) is 5.25 Å². The van der Waals surface area contributed by atoms with Crippen LogP contribution in [-0.4, -0.2) is 31.6 Å². The molecule has 1 aromatic carbocycles. The van der Waals surface area contributed by atoms with E-state index in [2.05, 4.69) is 44.3 Å². The molecule has 1 unspecified atom stereocenters. The molecule has 2 nitrogen and oxygen atoms in total. The minimum absolute atomic E-state index is 0.642. The number of ether oxygens (including phenoxy) is 1. The third kappa shape index (κ3) is 7.93. The fourth-order valence-corrected chi connectivity index (χ4v) is 3.08. The molecule has 1 rings (SSSR count). The van der Waals surface area contributed by atoms with Crippen LogP contribution in [0.5, 0.6) is 0 Å². The summed E-state index contributed by atoms with van der Waals surface area (Å²) in [5.41, 5.74) is 4.17. The average Bonchev–Trinajstić information content (AvgIpc) is 2.39. The largest absolute Gasteiger partial charge is 0.382 e. The highest BCUT2D eigenvalue weighted by molar-refractivity contribution is 7.99. The molecule has 0 aliphatic rings. The van der Waals surface area contributed by atoms with Gasteiger partial charge in [0.15, 0.2) is 0 Å². The summed E-state index contributed by atoms with van der Waals surface area (Å²) in [6, 6.07) is 6.82. The normalized spacial score (nSPS) is 12.6. The first-order valence-electron chi connectivity index (χ1n) is 7.59. The highest BCUT2D eigenvalue weighted by Crippen LogP contribution is 2.19. The van der Waals surface area contributed by atoms with Gasteiger partial charge in [0, 0.05) is 30.8 Å². The second-order valence-electron chi connectivity index (χ2n) is 5.37. The zero-order valence-corrected chi connectivity index (χ0v) is 14.2. The lowest BCUT2D eigenvalue weighted by atomic mass is 10.1. The predicted octanol–water partition coefficient (Wildman–Crippen LogP) is 3.94. The Labute approximate surface area is 128 Å². The van der Waals surface area contributed by atoms with Crippen LogP contribution in [0.3, 0.4) is 0 Å². The smallest absolute Gasteiger partial charge is 0.0477 e. The Hall–Kier alpha value is -0.510. The van der Waals surface area contributed by atoms with Gasteiger partial charge in [-0.3, -0.25) is 0 Å². The zero-order chi connectivity index (χ0) is 14.8. The van der Waals surface area contributed by atoms with Gasteiger partial charge in [-0.25, -0.2) is 0 Å². The molecule has 20 heavy (non-hydrogen) atoms. The molecule has 0 radical (unpaired) electrons. The third-order valence-electron chi connectivity index (χ3n) is 3.09. The van der Waals surface area contributed by atoms with Crippen LogP contribution < -0.4 is 5.32 Å². The second kappa shape index (κ2) is 10.3. The maximum absolute atomic E-state index is 5.32. The Morgan fingerprint density at radius 3 is 2.55 bits per heavy atom. The second-order valence-corrected chi connectivity index (χ2v) is 6.80. The molecule has 1 atom stereocenters. The van der Waals surface area contributed by atoms with Gasteiger partial charge < -0.3 is 10.1 Å². The topological polar surface area (TPSA) is 21.3 Å². The molecule has 0 saturated carbocycles. The SMILES string of the molecule is CCOCCCNCC(C)SCc1cc(C)cc(C)c1. The molecular weight excluding hydrogens is 266 g/mol. The lowest BCUT2D eigenvalue weighted by Crippen LogP contribution is -2.24. The van der Waals surface area contributed by atoms with Crippen LogP contribution in [0.15, 0.2) is 18.2 Å².